The van der Waals surface area contributed by atoms with Crippen molar-refractivity contribution in [3.8, 4) is 11.6 Å². The largest absolute Gasteiger partial charge is 0.491 e. The van der Waals surface area contributed by atoms with Gasteiger partial charge >= 0.3 is 6.18 Å². The van der Waals surface area contributed by atoms with Crippen molar-refractivity contribution in [2.24, 2.45) is 0 Å². The predicted octanol–water partition coefficient (Wildman–Crippen LogP) is 3.13. The third-order valence-electron chi connectivity index (χ3n) is 5.37. The third-order valence-corrected chi connectivity index (χ3v) is 5.37. The molecular formula is C22H24F5N3O5. The Morgan fingerprint density at radius 1 is 1.26 bits per heavy atom. The van der Waals surface area contributed by atoms with Gasteiger partial charge in [-0.05, 0) is 29.7 Å². The molecule has 4 rings (SSSR count). The van der Waals surface area contributed by atoms with E-state index in [0.29, 0.717) is 36.6 Å². The number of hydrogen-bond acceptors (Lipinski definition) is 6. The number of amides is 1. The van der Waals surface area contributed by atoms with E-state index in [0.717, 1.165) is 5.56 Å². The van der Waals surface area contributed by atoms with Crippen LogP contribution in [0.25, 0.3) is 0 Å². The number of nitrogens with one attached hydrogen (secondary N) is 1. The van der Waals surface area contributed by atoms with Crippen molar-refractivity contribution in [2.75, 3.05) is 26.4 Å². The summed E-state index contributed by atoms with van der Waals surface area (Å²) < 4.78 is 83.5. The summed E-state index contributed by atoms with van der Waals surface area (Å²) in [6.07, 6.45) is -6.33. The second kappa shape index (κ2) is 10.8. The van der Waals surface area contributed by atoms with Crippen LogP contribution in [0.1, 0.15) is 28.0 Å². The number of rotatable bonds is 10. The molecule has 13 heteroatoms. The van der Waals surface area contributed by atoms with Gasteiger partial charge in [-0.2, -0.15) is 18.3 Å². The maximum Gasteiger partial charge on any atom is 0.411 e. The van der Waals surface area contributed by atoms with Crippen LogP contribution >= 0.6 is 0 Å². The lowest BCUT2D eigenvalue weighted by molar-refractivity contribution is -0.176. The Morgan fingerprint density at radius 2 is 2.09 bits per heavy atom. The van der Waals surface area contributed by atoms with E-state index in [-0.39, 0.29) is 37.7 Å². The summed E-state index contributed by atoms with van der Waals surface area (Å²) in [6, 6.07) is 6.15. The van der Waals surface area contributed by atoms with E-state index in [4.69, 9.17) is 18.9 Å². The first-order valence-electron chi connectivity index (χ1n) is 11.0. The molecule has 8 nitrogen and oxygen atoms in total. The lowest BCUT2D eigenvalue weighted by Crippen LogP contribution is -2.43. The second-order valence-corrected chi connectivity index (χ2v) is 8.28. The van der Waals surface area contributed by atoms with Gasteiger partial charge < -0.3 is 24.3 Å². The van der Waals surface area contributed by atoms with Gasteiger partial charge in [0.25, 0.3) is 12.3 Å². The van der Waals surface area contributed by atoms with Crippen molar-refractivity contribution in [2.45, 2.75) is 50.7 Å². The van der Waals surface area contributed by atoms with E-state index < -0.39 is 31.7 Å². The highest BCUT2D eigenvalue weighted by atomic mass is 19.4. The lowest BCUT2D eigenvalue weighted by Gasteiger charge is -2.26. The van der Waals surface area contributed by atoms with Crippen LogP contribution in [0.2, 0.25) is 0 Å². The molecule has 2 atom stereocenters. The number of aromatic nitrogens is 2. The lowest BCUT2D eigenvalue weighted by atomic mass is 10.0. The molecule has 1 N–H and O–H groups in total. The fourth-order valence-corrected chi connectivity index (χ4v) is 3.85. The molecule has 3 heterocycles. The maximum absolute atomic E-state index is 12.7. The SMILES string of the molecule is O=C(N[C@H]1COc2ccc(COCC(F)(F)F)cc2C1)c1cc2n(n1)C[C@@H](CCOCC(F)F)O2. The Bertz CT molecular complexity index is 1010. The molecule has 1 amide bonds. The molecule has 0 unspecified atom stereocenters. The number of benzene rings is 1. The summed E-state index contributed by atoms with van der Waals surface area (Å²) in [4.78, 5) is 12.7. The number of alkyl halides is 5. The van der Waals surface area contributed by atoms with Gasteiger partial charge in [0.15, 0.2) is 5.69 Å². The fourth-order valence-electron chi connectivity index (χ4n) is 3.85. The summed E-state index contributed by atoms with van der Waals surface area (Å²) in [5, 5.41) is 7.09. The molecule has 2 aliphatic heterocycles. The van der Waals surface area contributed by atoms with Gasteiger partial charge in [0.1, 0.15) is 31.7 Å². The Kier molecular flexibility index (Phi) is 7.75. The third kappa shape index (κ3) is 7.04. The van der Waals surface area contributed by atoms with Gasteiger partial charge in [0, 0.05) is 12.5 Å². The Labute approximate surface area is 197 Å². The van der Waals surface area contributed by atoms with Crippen molar-refractivity contribution in [1.82, 2.24) is 15.1 Å². The molecule has 0 aliphatic carbocycles. The predicted molar refractivity (Wildman–Crippen MR) is 111 cm³/mol. The maximum atomic E-state index is 12.7. The van der Waals surface area contributed by atoms with Gasteiger partial charge in [-0.3, -0.25) is 4.79 Å². The monoisotopic (exact) mass is 505 g/mol. The number of carbonyl (C=O) groups is 1. The first-order chi connectivity index (χ1) is 16.7. The van der Waals surface area contributed by atoms with Crippen LogP contribution in [0.5, 0.6) is 11.6 Å². The van der Waals surface area contributed by atoms with Gasteiger partial charge in [-0.25, -0.2) is 13.5 Å². The molecule has 2 aliphatic rings. The number of hydrogen-bond donors (Lipinski definition) is 1. The van der Waals surface area contributed by atoms with E-state index in [2.05, 4.69) is 10.4 Å². The van der Waals surface area contributed by atoms with Gasteiger partial charge in [0.2, 0.25) is 5.88 Å². The molecule has 0 radical (unpaired) electrons. The summed E-state index contributed by atoms with van der Waals surface area (Å²) in [7, 11) is 0. The number of carbonyl (C=O) groups excluding carboxylic acids is 1. The van der Waals surface area contributed by atoms with E-state index >= 15 is 0 Å². The van der Waals surface area contributed by atoms with Gasteiger partial charge in [-0.1, -0.05) is 6.07 Å². The van der Waals surface area contributed by atoms with E-state index in [1.807, 2.05) is 0 Å². The van der Waals surface area contributed by atoms with Crippen molar-refractivity contribution in [3.63, 3.8) is 0 Å². The summed E-state index contributed by atoms with van der Waals surface area (Å²) in [6.45, 7) is -1.40. The average molecular weight is 505 g/mol. The zero-order valence-electron chi connectivity index (χ0n) is 18.5. The van der Waals surface area contributed by atoms with Crippen LogP contribution in [0, 0.1) is 0 Å². The zero-order chi connectivity index (χ0) is 25.0. The topological polar surface area (TPSA) is 83.8 Å². The van der Waals surface area contributed by atoms with Crippen LogP contribution in [0.15, 0.2) is 24.3 Å². The minimum Gasteiger partial charge on any atom is -0.491 e. The minimum absolute atomic E-state index is 0.131. The fraction of sp³-hybridized carbons (Fsp3) is 0.545. The van der Waals surface area contributed by atoms with Crippen LogP contribution in [-0.2, 0) is 29.0 Å². The molecule has 192 valence electrons. The molecule has 2 aromatic rings. The van der Waals surface area contributed by atoms with Crippen molar-refractivity contribution >= 4 is 5.91 Å². The molecule has 1 aromatic heterocycles. The van der Waals surface area contributed by atoms with Crippen molar-refractivity contribution in [3.05, 3.63) is 41.1 Å². The Morgan fingerprint density at radius 3 is 2.83 bits per heavy atom. The summed E-state index contributed by atoms with van der Waals surface area (Å²) in [5.74, 6) is 0.588. The second-order valence-electron chi connectivity index (χ2n) is 8.28. The summed E-state index contributed by atoms with van der Waals surface area (Å²) >= 11 is 0. The number of fused-ring (bicyclic) bond motifs is 2. The number of halogens is 5. The van der Waals surface area contributed by atoms with Crippen LogP contribution in [0.4, 0.5) is 22.0 Å². The number of nitrogens with zero attached hydrogens (tertiary/aromatic N) is 2. The molecule has 0 spiro atoms. The first-order valence-corrected chi connectivity index (χ1v) is 11.0. The van der Waals surface area contributed by atoms with Gasteiger partial charge in [-0.15, -0.1) is 0 Å². The molecule has 0 bridgehead atoms. The van der Waals surface area contributed by atoms with Crippen molar-refractivity contribution < 1.29 is 45.7 Å². The molecule has 0 saturated carbocycles. The summed E-state index contributed by atoms with van der Waals surface area (Å²) in [5.41, 5.74) is 1.48. The Hall–Kier alpha value is -2.93. The van der Waals surface area contributed by atoms with E-state index in [1.54, 1.807) is 18.2 Å². The van der Waals surface area contributed by atoms with Crippen molar-refractivity contribution in [1.29, 1.82) is 0 Å². The molecule has 0 saturated heterocycles. The molecule has 35 heavy (non-hydrogen) atoms. The van der Waals surface area contributed by atoms with Crippen LogP contribution < -0.4 is 14.8 Å². The quantitative estimate of drug-likeness (QED) is 0.395. The molecular weight excluding hydrogens is 481 g/mol. The van der Waals surface area contributed by atoms with Gasteiger partial charge in [0.05, 0.1) is 25.8 Å². The highest BCUT2D eigenvalue weighted by Crippen LogP contribution is 2.28. The van der Waals surface area contributed by atoms with Crippen LogP contribution in [0.3, 0.4) is 0 Å². The van der Waals surface area contributed by atoms with Crippen LogP contribution in [-0.4, -0.2) is 66.9 Å². The highest BCUT2D eigenvalue weighted by Gasteiger charge is 2.29. The zero-order valence-corrected chi connectivity index (χ0v) is 18.5. The molecule has 0 fully saturated rings. The smallest absolute Gasteiger partial charge is 0.411 e. The molecule has 1 aromatic carbocycles. The Balaban J connectivity index is 1.26. The average Bonchev–Trinajstić information content (AvgIpc) is 3.34. The normalized spacial score (nSPS) is 19.1. The highest BCUT2D eigenvalue weighted by molar-refractivity contribution is 5.92. The number of ether oxygens (including phenoxy) is 4. The standard InChI is InChI=1S/C22H24F5N3O5/c23-19(24)11-32-4-3-16-8-30-20(35-16)7-17(29-30)21(31)28-15-6-14-5-13(1-2-18(14)34-10-15)9-33-12-22(25,26)27/h1-2,5,7,15-16,19H,3-4,6,8-12H2,(H,28,31)/t15-,16-/m1/s1. The minimum atomic E-state index is -4.39. The van der Waals surface area contributed by atoms with E-state index in [1.165, 1.54) is 10.7 Å². The van der Waals surface area contributed by atoms with E-state index in [9.17, 15) is 26.7 Å². The first kappa shape index (κ1) is 25.2.